The number of aldehydes is 1. The van der Waals surface area contributed by atoms with Gasteiger partial charge in [0, 0.05) is 6.61 Å². The number of rotatable bonds is 1. The largest absolute Gasteiger partial charge is 0.476 e. The van der Waals surface area contributed by atoms with Crippen molar-refractivity contribution in [2.45, 2.75) is 6.92 Å². The highest BCUT2D eigenvalue weighted by atomic mass is 16.4. The van der Waals surface area contributed by atoms with Crippen molar-refractivity contribution in [1.29, 1.82) is 0 Å². The van der Waals surface area contributed by atoms with Gasteiger partial charge in [0.25, 0.3) is 0 Å². The van der Waals surface area contributed by atoms with E-state index in [4.69, 9.17) is 19.8 Å². The van der Waals surface area contributed by atoms with Gasteiger partial charge in [-0.15, -0.1) is 0 Å². The first-order chi connectivity index (χ1) is 3.68. The molecule has 0 aromatic carbocycles. The van der Waals surface area contributed by atoms with Crippen LogP contribution in [-0.2, 0) is 9.59 Å². The van der Waals surface area contributed by atoms with E-state index in [0.29, 0.717) is 0 Å². The van der Waals surface area contributed by atoms with Crippen molar-refractivity contribution >= 4 is 12.3 Å². The van der Waals surface area contributed by atoms with E-state index in [1.807, 2.05) is 0 Å². The summed E-state index contributed by atoms with van der Waals surface area (Å²) in [5.41, 5.74) is 0. The van der Waals surface area contributed by atoms with Crippen LogP contribution in [0.1, 0.15) is 6.92 Å². The summed E-state index contributed by atoms with van der Waals surface area (Å²) in [6.45, 7) is 1.93. The second kappa shape index (κ2) is 9.44. The van der Waals surface area contributed by atoms with Crippen molar-refractivity contribution in [1.82, 2.24) is 0 Å². The molecule has 4 nitrogen and oxygen atoms in total. The Balaban J connectivity index is 0. The predicted octanol–water partition coefficient (Wildman–Crippen LogP) is -0.732. The fraction of sp³-hybridized carbons (Fsp3) is 0.500. The molecule has 0 amide bonds. The molecule has 0 unspecified atom stereocenters. The SMILES string of the molecule is CCO.O=CC(=O)O. The van der Waals surface area contributed by atoms with E-state index in [1.54, 1.807) is 6.92 Å². The van der Waals surface area contributed by atoms with Crippen LogP contribution in [0.25, 0.3) is 0 Å². The van der Waals surface area contributed by atoms with Crippen LogP contribution in [0.5, 0.6) is 0 Å². The second-order valence-electron chi connectivity index (χ2n) is 0.772. The number of hydrogen-bond donors (Lipinski definition) is 2. The van der Waals surface area contributed by atoms with Gasteiger partial charge in [-0.3, -0.25) is 4.79 Å². The highest BCUT2D eigenvalue weighted by Crippen LogP contribution is 1.39. The number of aliphatic hydroxyl groups excluding tert-OH is 1. The summed E-state index contributed by atoms with van der Waals surface area (Å²) < 4.78 is 0. The molecule has 0 aliphatic rings. The summed E-state index contributed by atoms with van der Waals surface area (Å²) in [4.78, 5) is 17.9. The molecule has 0 heterocycles. The molecular formula is C4H8O4. The lowest BCUT2D eigenvalue weighted by Crippen LogP contribution is -1.91. The molecule has 0 bridgehead atoms. The summed E-state index contributed by atoms with van der Waals surface area (Å²) in [5.74, 6) is -1.43. The molecule has 0 radical (unpaired) electrons. The van der Waals surface area contributed by atoms with Gasteiger partial charge in [0.1, 0.15) is 0 Å². The maximum absolute atomic E-state index is 9.00. The summed E-state index contributed by atoms with van der Waals surface area (Å²) in [6, 6.07) is 0. The first kappa shape index (κ1) is 10.2. The number of carbonyl (C=O) groups is 2. The molecule has 0 aliphatic heterocycles. The van der Waals surface area contributed by atoms with Gasteiger partial charge in [-0.1, -0.05) is 0 Å². The Morgan fingerprint density at radius 3 is 1.88 bits per heavy atom. The third kappa shape index (κ3) is 70.9. The standard InChI is InChI=1S/C2H2O3.C2H6O/c3-1-2(4)5;1-2-3/h1H,(H,4,5);3H,2H2,1H3. The highest BCUT2D eigenvalue weighted by molar-refractivity contribution is 6.19. The van der Waals surface area contributed by atoms with Gasteiger partial charge in [-0.25, -0.2) is 4.79 Å². The van der Waals surface area contributed by atoms with Crippen molar-refractivity contribution < 1.29 is 19.8 Å². The normalized spacial score (nSPS) is 6.25. The van der Waals surface area contributed by atoms with Gasteiger partial charge < -0.3 is 10.2 Å². The van der Waals surface area contributed by atoms with Gasteiger partial charge in [-0.2, -0.15) is 0 Å². The van der Waals surface area contributed by atoms with Crippen molar-refractivity contribution in [3.05, 3.63) is 0 Å². The van der Waals surface area contributed by atoms with E-state index in [1.165, 1.54) is 0 Å². The average Bonchev–Trinajstić information content (AvgIpc) is 1.69. The highest BCUT2D eigenvalue weighted by Gasteiger charge is 1.80. The second-order valence-corrected chi connectivity index (χ2v) is 0.772. The van der Waals surface area contributed by atoms with Crippen LogP contribution in [-0.4, -0.2) is 29.1 Å². The Labute approximate surface area is 46.8 Å². The minimum atomic E-state index is -1.43. The summed E-state index contributed by atoms with van der Waals surface area (Å²) >= 11 is 0. The zero-order chi connectivity index (χ0) is 6.99. The molecule has 8 heavy (non-hydrogen) atoms. The fourth-order valence-corrected chi connectivity index (χ4v) is 0. The van der Waals surface area contributed by atoms with Gasteiger partial charge in [-0.05, 0) is 6.92 Å². The molecular weight excluding hydrogens is 112 g/mol. The van der Waals surface area contributed by atoms with E-state index in [2.05, 4.69) is 0 Å². The molecule has 0 aromatic heterocycles. The van der Waals surface area contributed by atoms with Gasteiger partial charge in [0.15, 0.2) is 0 Å². The summed E-state index contributed by atoms with van der Waals surface area (Å²) in [7, 11) is 0. The number of carboxylic acid groups (broad SMARTS) is 1. The number of carboxylic acids is 1. The first-order valence-electron chi connectivity index (χ1n) is 1.98. The number of aliphatic carboxylic acids is 1. The van der Waals surface area contributed by atoms with E-state index in [-0.39, 0.29) is 12.9 Å². The topological polar surface area (TPSA) is 74.6 Å². The van der Waals surface area contributed by atoms with Gasteiger partial charge in [0.05, 0.1) is 0 Å². The molecule has 0 atom stereocenters. The van der Waals surface area contributed by atoms with Crippen LogP contribution in [0.15, 0.2) is 0 Å². The van der Waals surface area contributed by atoms with Crippen LogP contribution < -0.4 is 0 Å². The van der Waals surface area contributed by atoms with Gasteiger partial charge in [0.2, 0.25) is 6.29 Å². The minimum Gasteiger partial charge on any atom is -0.476 e. The van der Waals surface area contributed by atoms with Crippen LogP contribution in [0.3, 0.4) is 0 Å². The molecule has 0 saturated heterocycles. The smallest absolute Gasteiger partial charge is 0.368 e. The van der Waals surface area contributed by atoms with Crippen LogP contribution in [0.4, 0.5) is 0 Å². The van der Waals surface area contributed by atoms with Crippen LogP contribution >= 0.6 is 0 Å². The zero-order valence-electron chi connectivity index (χ0n) is 4.50. The Bertz CT molecular complexity index is 68.4. The summed E-state index contributed by atoms with van der Waals surface area (Å²) in [5, 5.41) is 14.9. The molecule has 0 rings (SSSR count). The monoisotopic (exact) mass is 120 g/mol. The molecule has 2 N–H and O–H groups in total. The van der Waals surface area contributed by atoms with Crippen molar-refractivity contribution in [3.63, 3.8) is 0 Å². The predicted molar refractivity (Wildman–Crippen MR) is 26.5 cm³/mol. The Kier molecular flexibility index (Phi) is 12.0. The van der Waals surface area contributed by atoms with E-state index < -0.39 is 5.97 Å². The van der Waals surface area contributed by atoms with E-state index >= 15 is 0 Å². The molecule has 48 valence electrons. The number of hydrogen-bond acceptors (Lipinski definition) is 3. The zero-order valence-corrected chi connectivity index (χ0v) is 4.50. The fourth-order valence-electron chi connectivity index (χ4n) is 0. The quantitative estimate of drug-likeness (QED) is 0.353. The third-order valence-corrected chi connectivity index (χ3v) is 0.101. The third-order valence-electron chi connectivity index (χ3n) is 0.101. The molecule has 0 spiro atoms. The lowest BCUT2D eigenvalue weighted by molar-refractivity contribution is -0.143. The van der Waals surface area contributed by atoms with Crippen molar-refractivity contribution in [2.75, 3.05) is 6.61 Å². The number of carbonyl (C=O) groups excluding carboxylic acids is 1. The molecule has 0 aromatic rings. The molecule has 0 saturated carbocycles. The lowest BCUT2D eigenvalue weighted by atomic mass is 10.8. The Hall–Kier alpha value is -0.900. The van der Waals surface area contributed by atoms with Gasteiger partial charge >= 0.3 is 5.97 Å². The minimum absolute atomic E-state index is 0.167. The van der Waals surface area contributed by atoms with Crippen molar-refractivity contribution in [2.24, 2.45) is 0 Å². The molecule has 4 heteroatoms. The average molecular weight is 120 g/mol. The molecule has 0 fully saturated rings. The Morgan fingerprint density at radius 2 is 1.88 bits per heavy atom. The van der Waals surface area contributed by atoms with Crippen LogP contribution in [0.2, 0.25) is 0 Å². The lowest BCUT2D eigenvalue weighted by Gasteiger charge is -1.59. The van der Waals surface area contributed by atoms with E-state index in [9.17, 15) is 0 Å². The van der Waals surface area contributed by atoms with Crippen LogP contribution in [0, 0.1) is 0 Å². The Morgan fingerprint density at radius 1 is 1.75 bits per heavy atom. The van der Waals surface area contributed by atoms with E-state index in [0.717, 1.165) is 0 Å². The number of aliphatic hydroxyl groups is 1. The maximum atomic E-state index is 9.00. The van der Waals surface area contributed by atoms with Crippen molar-refractivity contribution in [3.8, 4) is 0 Å². The first-order valence-corrected chi connectivity index (χ1v) is 1.98. The molecule has 0 aliphatic carbocycles. The maximum Gasteiger partial charge on any atom is 0.368 e. The summed E-state index contributed by atoms with van der Waals surface area (Å²) in [6.07, 6.45) is -0.167.